The van der Waals surface area contributed by atoms with Crippen LogP contribution in [0.1, 0.15) is 41.5 Å². The summed E-state index contributed by atoms with van der Waals surface area (Å²) in [6.45, 7) is 14.2. The van der Waals surface area contributed by atoms with E-state index >= 15 is 0 Å². The van der Waals surface area contributed by atoms with Gasteiger partial charge >= 0.3 is 5.97 Å². The third-order valence-electron chi connectivity index (χ3n) is 4.04. The van der Waals surface area contributed by atoms with E-state index in [-0.39, 0.29) is 6.61 Å². The lowest BCUT2D eigenvalue weighted by molar-refractivity contribution is -0.153. The molecule has 0 rings (SSSR count). The number of hydrogen-bond acceptors (Lipinski definition) is 5. The summed E-state index contributed by atoms with van der Waals surface area (Å²) in [7, 11) is -0.629. The van der Waals surface area contributed by atoms with Crippen LogP contribution in [0.15, 0.2) is 0 Å². The zero-order valence-corrected chi connectivity index (χ0v) is 15.5. The van der Waals surface area contributed by atoms with Crippen LogP contribution in [0, 0.1) is 0 Å². The van der Waals surface area contributed by atoms with E-state index < -0.39 is 20.4 Å². The molecule has 0 saturated heterocycles. The van der Waals surface area contributed by atoms with Crippen molar-refractivity contribution in [3.8, 4) is 0 Å². The Hall–Kier alpha value is -0.433. The van der Waals surface area contributed by atoms with E-state index in [1.54, 1.807) is 0 Å². The summed E-state index contributed by atoms with van der Waals surface area (Å²) < 4.78 is 16.0. The van der Waals surface area contributed by atoms with E-state index in [0.717, 1.165) is 0 Å². The van der Waals surface area contributed by atoms with Crippen LogP contribution in [0.2, 0.25) is 16.6 Å². The SMILES string of the molecule is COC(=O)[C@@H](O)COCCO[Si](C(C)C)(C(C)C)C(C)C. The minimum Gasteiger partial charge on any atom is -0.467 e. The van der Waals surface area contributed by atoms with E-state index in [9.17, 15) is 9.90 Å². The summed E-state index contributed by atoms with van der Waals surface area (Å²) in [5.41, 5.74) is 1.58. The van der Waals surface area contributed by atoms with Gasteiger partial charge in [0, 0.05) is 0 Å². The molecule has 0 aliphatic rings. The molecule has 126 valence electrons. The lowest BCUT2D eigenvalue weighted by Crippen LogP contribution is -2.48. The first-order valence-electron chi connectivity index (χ1n) is 7.67. The van der Waals surface area contributed by atoms with Crippen LogP contribution in [0.25, 0.3) is 0 Å². The molecule has 0 unspecified atom stereocenters. The van der Waals surface area contributed by atoms with Crippen LogP contribution in [-0.2, 0) is 18.7 Å². The normalized spacial score (nSPS) is 14.0. The second-order valence-corrected chi connectivity index (χ2v) is 11.7. The van der Waals surface area contributed by atoms with Gasteiger partial charge in [-0.1, -0.05) is 41.5 Å². The van der Waals surface area contributed by atoms with Gasteiger partial charge in [-0.15, -0.1) is 0 Å². The van der Waals surface area contributed by atoms with Gasteiger partial charge in [0.05, 0.1) is 26.9 Å². The van der Waals surface area contributed by atoms with Crippen LogP contribution in [0.3, 0.4) is 0 Å². The van der Waals surface area contributed by atoms with E-state index in [1.807, 2.05) is 0 Å². The van der Waals surface area contributed by atoms with Crippen molar-refractivity contribution in [1.82, 2.24) is 0 Å². The van der Waals surface area contributed by atoms with Gasteiger partial charge in [-0.05, 0) is 16.6 Å². The molecule has 0 bridgehead atoms. The first-order chi connectivity index (χ1) is 9.70. The topological polar surface area (TPSA) is 65.0 Å². The van der Waals surface area contributed by atoms with Gasteiger partial charge in [-0.2, -0.15) is 0 Å². The molecular weight excluding hydrogens is 288 g/mol. The summed E-state index contributed by atoms with van der Waals surface area (Å²) >= 11 is 0. The molecule has 0 amide bonds. The predicted molar refractivity (Wildman–Crippen MR) is 85.8 cm³/mol. The van der Waals surface area contributed by atoms with Gasteiger partial charge < -0.3 is 19.0 Å². The van der Waals surface area contributed by atoms with E-state index in [1.165, 1.54) is 7.11 Å². The number of aliphatic hydroxyl groups excluding tert-OH is 1. The molecule has 0 spiro atoms. The Morgan fingerprint density at radius 3 is 1.86 bits per heavy atom. The fourth-order valence-electron chi connectivity index (χ4n) is 3.18. The third kappa shape index (κ3) is 5.69. The van der Waals surface area contributed by atoms with Gasteiger partial charge in [0.15, 0.2) is 14.4 Å². The van der Waals surface area contributed by atoms with Gasteiger partial charge in [-0.25, -0.2) is 4.79 Å². The zero-order valence-electron chi connectivity index (χ0n) is 14.5. The number of esters is 1. The summed E-state index contributed by atoms with van der Waals surface area (Å²) in [6.07, 6.45) is -1.22. The predicted octanol–water partition coefficient (Wildman–Crippen LogP) is 2.73. The Balaban J connectivity index is 4.31. The van der Waals surface area contributed by atoms with Crippen LogP contribution >= 0.6 is 0 Å². The number of carbonyl (C=O) groups is 1. The molecule has 0 aromatic rings. The molecule has 0 aliphatic carbocycles. The molecule has 21 heavy (non-hydrogen) atoms. The van der Waals surface area contributed by atoms with Crippen LogP contribution in [-0.4, -0.2) is 52.4 Å². The fourth-order valence-corrected chi connectivity index (χ4v) is 8.61. The molecule has 5 nitrogen and oxygen atoms in total. The maximum atomic E-state index is 11.0. The Kier molecular flexibility index (Phi) is 9.36. The number of ether oxygens (including phenoxy) is 2. The van der Waals surface area contributed by atoms with Crippen molar-refractivity contribution in [1.29, 1.82) is 0 Å². The monoisotopic (exact) mass is 320 g/mol. The average Bonchev–Trinajstić information content (AvgIpc) is 2.40. The maximum Gasteiger partial charge on any atom is 0.337 e. The largest absolute Gasteiger partial charge is 0.467 e. The molecule has 1 atom stereocenters. The molecule has 0 heterocycles. The number of carbonyl (C=O) groups excluding carboxylic acids is 1. The van der Waals surface area contributed by atoms with E-state index in [0.29, 0.717) is 29.8 Å². The summed E-state index contributed by atoms with van der Waals surface area (Å²) in [6, 6.07) is 0. The van der Waals surface area contributed by atoms with E-state index in [4.69, 9.17) is 9.16 Å². The van der Waals surface area contributed by atoms with Crippen molar-refractivity contribution in [2.24, 2.45) is 0 Å². The van der Waals surface area contributed by atoms with Crippen LogP contribution in [0.5, 0.6) is 0 Å². The molecule has 0 aromatic heterocycles. The second-order valence-electron chi connectivity index (χ2n) is 6.28. The van der Waals surface area contributed by atoms with Gasteiger partial charge in [0.1, 0.15) is 0 Å². The molecule has 0 aliphatic heterocycles. The van der Waals surface area contributed by atoms with Crippen molar-refractivity contribution in [3.05, 3.63) is 0 Å². The quantitative estimate of drug-likeness (QED) is 0.381. The molecule has 0 saturated carbocycles. The highest BCUT2D eigenvalue weighted by Crippen LogP contribution is 2.42. The third-order valence-corrected chi connectivity index (χ3v) is 10.2. The maximum absolute atomic E-state index is 11.0. The zero-order chi connectivity index (χ0) is 16.6. The van der Waals surface area contributed by atoms with Gasteiger partial charge in [-0.3, -0.25) is 0 Å². The van der Waals surface area contributed by atoms with Crippen molar-refractivity contribution in [2.45, 2.75) is 64.3 Å². The Morgan fingerprint density at radius 2 is 1.48 bits per heavy atom. The highest BCUT2D eigenvalue weighted by Gasteiger charge is 2.44. The smallest absolute Gasteiger partial charge is 0.337 e. The van der Waals surface area contributed by atoms with Gasteiger partial charge in [0.25, 0.3) is 0 Å². The molecule has 0 radical (unpaired) electrons. The standard InChI is InChI=1S/C15H32O5Si/c1-11(2)21(12(3)4,13(5)6)20-9-8-19-10-14(16)15(17)18-7/h11-14,16H,8-10H2,1-7H3/t14-/m0/s1. The van der Waals surface area contributed by atoms with Crippen LogP contribution < -0.4 is 0 Å². The van der Waals surface area contributed by atoms with Crippen molar-refractivity contribution < 1.29 is 23.8 Å². The highest BCUT2D eigenvalue weighted by molar-refractivity contribution is 6.77. The number of methoxy groups -OCH3 is 1. The van der Waals surface area contributed by atoms with Crippen molar-refractivity contribution in [2.75, 3.05) is 26.9 Å². The number of hydrogen-bond donors (Lipinski definition) is 1. The highest BCUT2D eigenvalue weighted by atomic mass is 28.4. The van der Waals surface area contributed by atoms with Crippen LogP contribution in [0.4, 0.5) is 0 Å². The molecule has 1 N–H and O–H groups in total. The van der Waals surface area contributed by atoms with E-state index in [2.05, 4.69) is 46.3 Å². The van der Waals surface area contributed by atoms with Crippen molar-refractivity contribution >= 4 is 14.3 Å². The van der Waals surface area contributed by atoms with Crippen molar-refractivity contribution in [3.63, 3.8) is 0 Å². The Morgan fingerprint density at radius 1 is 1.00 bits per heavy atom. The fraction of sp³-hybridized carbons (Fsp3) is 0.933. The first kappa shape index (κ1) is 20.6. The Labute approximate surface area is 130 Å². The Bertz CT molecular complexity index is 283. The lowest BCUT2D eigenvalue weighted by Gasteiger charge is -2.42. The first-order valence-corrected chi connectivity index (χ1v) is 9.81. The van der Waals surface area contributed by atoms with Gasteiger partial charge in [0.2, 0.25) is 0 Å². The minimum atomic E-state index is -1.87. The lowest BCUT2D eigenvalue weighted by atomic mass is 10.4. The minimum absolute atomic E-state index is 0.0599. The average molecular weight is 321 g/mol. The molecule has 0 aromatic carbocycles. The number of aliphatic hydroxyl groups is 1. The summed E-state index contributed by atoms with van der Waals surface area (Å²) in [4.78, 5) is 11.0. The summed E-state index contributed by atoms with van der Waals surface area (Å²) in [5, 5.41) is 9.41. The molecule has 6 heteroatoms. The second kappa shape index (κ2) is 9.56. The molecular formula is C15H32O5Si. The number of rotatable bonds is 10. The molecule has 0 fully saturated rings. The summed E-state index contributed by atoms with van der Waals surface area (Å²) in [5.74, 6) is -0.675.